The fourth-order valence-corrected chi connectivity index (χ4v) is 2.10. The van der Waals surface area contributed by atoms with Crippen LogP contribution in [0.4, 0.5) is 4.79 Å². The molecule has 0 aromatic heterocycles. The van der Waals surface area contributed by atoms with Gasteiger partial charge in [0.25, 0.3) is 5.91 Å². The van der Waals surface area contributed by atoms with Crippen molar-refractivity contribution in [3.63, 3.8) is 0 Å². The standard InChI is InChI=1S/C17H22ClNO7/c1-5-6-7-25-14-12(18)8-11(9-13(14)23-3)16(21)26-10(2)15(20)19-17(22)24-4/h8-10H,5-7H2,1-4H3,(H,19,20,22)/t10-/m1/s1. The molecule has 0 unspecified atom stereocenters. The maximum atomic E-state index is 12.2. The van der Waals surface area contributed by atoms with Gasteiger partial charge in [-0.1, -0.05) is 24.9 Å². The van der Waals surface area contributed by atoms with Gasteiger partial charge in [-0.25, -0.2) is 9.59 Å². The van der Waals surface area contributed by atoms with Gasteiger partial charge in [0, 0.05) is 0 Å². The average molecular weight is 388 g/mol. The van der Waals surface area contributed by atoms with Crippen LogP contribution in [0, 0.1) is 0 Å². The lowest BCUT2D eigenvalue weighted by atomic mass is 10.2. The summed E-state index contributed by atoms with van der Waals surface area (Å²) >= 11 is 6.17. The van der Waals surface area contributed by atoms with Crippen molar-refractivity contribution in [2.75, 3.05) is 20.8 Å². The fourth-order valence-electron chi connectivity index (χ4n) is 1.83. The molecule has 1 aromatic carbocycles. The van der Waals surface area contributed by atoms with Gasteiger partial charge in [-0.05, 0) is 25.5 Å². The highest BCUT2D eigenvalue weighted by Gasteiger charge is 2.23. The van der Waals surface area contributed by atoms with Crippen LogP contribution in [0.3, 0.4) is 0 Å². The Hall–Kier alpha value is -2.48. The van der Waals surface area contributed by atoms with E-state index in [0.717, 1.165) is 20.0 Å². The third-order valence-electron chi connectivity index (χ3n) is 3.27. The molecule has 9 heteroatoms. The van der Waals surface area contributed by atoms with Crippen molar-refractivity contribution < 1.29 is 33.3 Å². The van der Waals surface area contributed by atoms with Crippen molar-refractivity contribution in [3.8, 4) is 11.5 Å². The van der Waals surface area contributed by atoms with Gasteiger partial charge >= 0.3 is 12.1 Å². The number of carbonyl (C=O) groups is 3. The van der Waals surface area contributed by atoms with Gasteiger partial charge in [0.05, 0.1) is 31.4 Å². The molecule has 0 aliphatic carbocycles. The summed E-state index contributed by atoms with van der Waals surface area (Å²) < 4.78 is 20.1. The smallest absolute Gasteiger partial charge is 0.413 e. The maximum Gasteiger partial charge on any atom is 0.413 e. The fraction of sp³-hybridized carbons (Fsp3) is 0.471. The van der Waals surface area contributed by atoms with Gasteiger partial charge in [-0.15, -0.1) is 0 Å². The van der Waals surface area contributed by atoms with Crippen LogP contribution in [0.5, 0.6) is 11.5 Å². The zero-order chi connectivity index (χ0) is 19.7. The first-order valence-corrected chi connectivity index (χ1v) is 8.31. The molecule has 26 heavy (non-hydrogen) atoms. The van der Waals surface area contributed by atoms with E-state index in [2.05, 4.69) is 4.74 Å². The summed E-state index contributed by atoms with van der Waals surface area (Å²) in [6, 6.07) is 2.76. The van der Waals surface area contributed by atoms with Crippen molar-refractivity contribution in [2.24, 2.45) is 0 Å². The van der Waals surface area contributed by atoms with Crippen LogP contribution in [0.25, 0.3) is 0 Å². The number of unbranched alkanes of at least 4 members (excludes halogenated alkanes) is 1. The van der Waals surface area contributed by atoms with E-state index in [1.807, 2.05) is 12.2 Å². The number of amides is 2. The normalized spacial score (nSPS) is 11.3. The Morgan fingerprint density at radius 2 is 1.92 bits per heavy atom. The van der Waals surface area contributed by atoms with Crippen molar-refractivity contribution >= 4 is 29.6 Å². The zero-order valence-corrected chi connectivity index (χ0v) is 15.8. The van der Waals surface area contributed by atoms with Gasteiger partial charge < -0.3 is 18.9 Å². The molecule has 0 bridgehead atoms. The molecule has 0 spiro atoms. The lowest BCUT2D eigenvalue weighted by Crippen LogP contribution is -2.39. The Kier molecular flexibility index (Phi) is 8.71. The van der Waals surface area contributed by atoms with Crippen LogP contribution in [-0.4, -0.2) is 44.9 Å². The topological polar surface area (TPSA) is 100 Å². The Bertz CT molecular complexity index is 663. The maximum absolute atomic E-state index is 12.2. The number of rotatable bonds is 8. The molecule has 2 amide bonds. The highest BCUT2D eigenvalue weighted by atomic mass is 35.5. The molecular formula is C17H22ClNO7. The van der Waals surface area contributed by atoms with Crippen LogP contribution in [0.2, 0.25) is 5.02 Å². The van der Waals surface area contributed by atoms with Crippen LogP contribution >= 0.6 is 11.6 Å². The lowest BCUT2D eigenvalue weighted by molar-refractivity contribution is -0.128. The summed E-state index contributed by atoms with van der Waals surface area (Å²) in [6.07, 6.45) is -0.366. The highest BCUT2D eigenvalue weighted by molar-refractivity contribution is 6.32. The molecule has 1 N–H and O–H groups in total. The minimum atomic E-state index is -1.22. The number of benzene rings is 1. The van der Waals surface area contributed by atoms with Crippen molar-refractivity contribution in [3.05, 3.63) is 22.7 Å². The number of nitrogens with one attached hydrogen (secondary N) is 1. The molecule has 0 aliphatic heterocycles. The predicted molar refractivity (Wildman–Crippen MR) is 93.8 cm³/mol. The van der Waals surface area contributed by atoms with Crippen molar-refractivity contribution in [2.45, 2.75) is 32.8 Å². The molecule has 0 saturated heterocycles. The number of esters is 1. The number of ether oxygens (including phenoxy) is 4. The molecular weight excluding hydrogens is 366 g/mol. The average Bonchev–Trinajstić information content (AvgIpc) is 2.62. The van der Waals surface area contributed by atoms with E-state index in [1.165, 1.54) is 26.2 Å². The number of carbonyl (C=O) groups excluding carboxylic acids is 3. The Labute approximate surface area is 156 Å². The summed E-state index contributed by atoms with van der Waals surface area (Å²) in [7, 11) is 2.53. The summed E-state index contributed by atoms with van der Waals surface area (Å²) in [6.45, 7) is 3.80. The number of methoxy groups -OCH3 is 2. The van der Waals surface area contributed by atoms with E-state index >= 15 is 0 Å². The van der Waals surface area contributed by atoms with Gasteiger partial charge in [0.15, 0.2) is 17.6 Å². The van der Waals surface area contributed by atoms with Gasteiger partial charge in [0.2, 0.25) is 0 Å². The quantitative estimate of drug-likeness (QED) is 0.540. The molecule has 0 fully saturated rings. The summed E-state index contributed by atoms with van der Waals surface area (Å²) in [4.78, 5) is 35.0. The van der Waals surface area contributed by atoms with Crippen LogP contribution in [0.15, 0.2) is 12.1 Å². The largest absolute Gasteiger partial charge is 0.493 e. The van der Waals surface area contributed by atoms with Crippen LogP contribution in [0.1, 0.15) is 37.0 Å². The van der Waals surface area contributed by atoms with E-state index in [9.17, 15) is 14.4 Å². The first-order chi connectivity index (χ1) is 12.3. The lowest BCUT2D eigenvalue weighted by Gasteiger charge is -2.15. The SMILES string of the molecule is CCCCOc1c(Cl)cc(C(=O)O[C@H](C)C(=O)NC(=O)OC)cc1OC. The van der Waals surface area contributed by atoms with Crippen molar-refractivity contribution in [1.29, 1.82) is 0 Å². The van der Waals surface area contributed by atoms with E-state index in [0.29, 0.717) is 12.4 Å². The number of hydrogen-bond donors (Lipinski definition) is 1. The van der Waals surface area contributed by atoms with Crippen LogP contribution in [-0.2, 0) is 14.3 Å². The Morgan fingerprint density at radius 1 is 1.23 bits per heavy atom. The summed E-state index contributed by atoms with van der Waals surface area (Å²) in [5.41, 5.74) is 0.0763. The third kappa shape index (κ3) is 6.11. The minimum Gasteiger partial charge on any atom is -0.493 e. The molecule has 8 nitrogen and oxygen atoms in total. The second kappa shape index (κ2) is 10.5. The molecule has 1 aromatic rings. The Morgan fingerprint density at radius 3 is 2.50 bits per heavy atom. The van der Waals surface area contributed by atoms with Gasteiger partial charge in [-0.2, -0.15) is 0 Å². The first-order valence-electron chi connectivity index (χ1n) is 7.94. The van der Waals surface area contributed by atoms with E-state index in [-0.39, 0.29) is 16.3 Å². The van der Waals surface area contributed by atoms with E-state index in [4.69, 9.17) is 25.8 Å². The van der Waals surface area contributed by atoms with Gasteiger partial charge in [0.1, 0.15) is 0 Å². The molecule has 0 aliphatic rings. The highest BCUT2D eigenvalue weighted by Crippen LogP contribution is 2.36. The monoisotopic (exact) mass is 387 g/mol. The minimum absolute atomic E-state index is 0.0763. The molecule has 1 rings (SSSR count). The number of alkyl carbamates (subject to hydrolysis) is 1. The molecule has 0 radical (unpaired) electrons. The van der Waals surface area contributed by atoms with E-state index in [1.54, 1.807) is 0 Å². The third-order valence-corrected chi connectivity index (χ3v) is 3.55. The molecule has 0 saturated carbocycles. The zero-order valence-electron chi connectivity index (χ0n) is 15.1. The second-order valence-corrected chi connectivity index (χ2v) is 5.63. The van der Waals surface area contributed by atoms with Gasteiger partial charge in [-0.3, -0.25) is 10.1 Å². The number of imide groups is 1. The summed E-state index contributed by atoms with van der Waals surface area (Å²) in [5, 5.41) is 2.09. The number of hydrogen-bond acceptors (Lipinski definition) is 7. The second-order valence-electron chi connectivity index (χ2n) is 5.22. The molecule has 1 atom stereocenters. The number of halogens is 1. The molecule has 144 valence electrons. The Balaban J connectivity index is 2.87. The van der Waals surface area contributed by atoms with E-state index < -0.39 is 24.1 Å². The van der Waals surface area contributed by atoms with Crippen molar-refractivity contribution in [1.82, 2.24) is 5.32 Å². The summed E-state index contributed by atoms with van der Waals surface area (Å²) in [5.74, 6) is -1.02. The predicted octanol–water partition coefficient (Wildman–Crippen LogP) is 2.96. The van der Waals surface area contributed by atoms with Crippen LogP contribution < -0.4 is 14.8 Å². The molecule has 0 heterocycles. The first kappa shape index (κ1) is 21.6.